The number of amides is 1. The second-order valence-electron chi connectivity index (χ2n) is 8.37. The molecule has 4 rings (SSSR count). The summed E-state index contributed by atoms with van der Waals surface area (Å²) in [5.41, 5.74) is 8.15. The summed E-state index contributed by atoms with van der Waals surface area (Å²) in [6.45, 7) is 3.97. The number of benzene rings is 1. The van der Waals surface area contributed by atoms with E-state index in [0.717, 1.165) is 11.8 Å². The molecule has 0 saturated carbocycles. The Balaban J connectivity index is 1.52. The van der Waals surface area contributed by atoms with E-state index >= 15 is 0 Å². The molecule has 6 N–H and O–H groups in total. The number of hydrogen-bond donors (Lipinski definition) is 5. The molecule has 0 bridgehead atoms. The molecule has 3 unspecified atom stereocenters. The zero-order valence-electron chi connectivity index (χ0n) is 18.3. The molecule has 0 radical (unpaired) electrons. The quantitative estimate of drug-likeness (QED) is 0.446. The van der Waals surface area contributed by atoms with Crippen LogP contribution < -0.4 is 21.1 Å². The first-order valence-electron chi connectivity index (χ1n) is 10.6. The molecule has 33 heavy (non-hydrogen) atoms. The van der Waals surface area contributed by atoms with E-state index in [4.69, 9.17) is 27.5 Å². The molecule has 0 aromatic heterocycles. The number of halogens is 2. The molecule has 176 valence electrons. The second-order valence-corrected chi connectivity index (χ2v) is 8.75. The predicted octanol–water partition coefficient (Wildman–Crippen LogP) is 1.43. The molecule has 2 fully saturated rings. The normalized spacial score (nSPS) is 27.7. The van der Waals surface area contributed by atoms with Gasteiger partial charge in [-0.15, -0.1) is 0 Å². The fraction of sp³-hybridized carbons (Fsp3) is 0.409. The smallest absolute Gasteiger partial charge is 0.258 e. The van der Waals surface area contributed by atoms with Crippen molar-refractivity contribution in [2.75, 3.05) is 19.7 Å². The number of nitrogens with zero attached hydrogens (tertiary/aromatic N) is 2. The summed E-state index contributed by atoms with van der Waals surface area (Å²) in [6.07, 6.45) is -0.852. The highest BCUT2D eigenvalue weighted by Crippen LogP contribution is 2.27. The maximum atomic E-state index is 13.9. The first-order valence-corrected chi connectivity index (χ1v) is 10.9. The van der Waals surface area contributed by atoms with Crippen LogP contribution in [0.15, 0.2) is 45.3 Å². The Morgan fingerprint density at radius 3 is 2.85 bits per heavy atom. The van der Waals surface area contributed by atoms with Crippen LogP contribution in [-0.4, -0.2) is 65.3 Å². The van der Waals surface area contributed by atoms with E-state index in [-0.39, 0.29) is 48.7 Å². The third-order valence-electron chi connectivity index (χ3n) is 5.85. The van der Waals surface area contributed by atoms with Gasteiger partial charge in [-0.1, -0.05) is 11.6 Å². The minimum absolute atomic E-state index is 0.0897. The van der Waals surface area contributed by atoms with Gasteiger partial charge in [-0.2, -0.15) is 0 Å². The summed E-state index contributed by atoms with van der Waals surface area (Å²) < 4.78 is 19.7. The molecule has 2 saturated heterocycles. The molecule has 3 aliphatic rings. The number of carbonyl (C=O) groups is 1. The summed E-state index contributed by atoms with van der Waals surface area (Å²) in [6, 6.07) is 3.50. The van der Waals surface area contributed by atoms with E-state index in [9.17, 15) is 14.3 Å². The number of aliphatic imine (C=N–C) groups is 1. The Bertz CT molecular complexity index is 1090. The zero-order chi connectivity index (χ0) is 23.9. The van der Waals surface area contributed by atoms with Crippen molar-refractivity contribution in [2.45, 2.75) is 38.6 Å². The lowest BCUT2D eigenvalue weighted by Gasteiger charge is -2.20. The number of rotatable bonds is 4. The number of ether oxygens (including phenoxy) is 1. The Morgan fingerprint density at radius 1 is 1.42 bits per heavy atom. The van der Waals surface area contributed by atoms with Crippen molar-refractivity contribution in [2.24, 2.45) is 10.7 Å². The van der Waals surface area contributed by atoms with Gasteiger partial charge in [0, 0.05) is 23.4 Å². The van der Waals surface area contributed by atoms with Gasteiger partial charge in [-0.05, 0) is 32.4 Å². The van der Waals surface area contributed by atoms with Gasteiger partial charge in [-0.25, -0.2) is 9.38 Å². The highest BCUT2D eigenvalue weighted by Gasteiger charge is 2.33. The molecule has 0 spiro atoms. The van der Waals surface area contributed by atoms with Crippen LogP contribution in [0.25, 0.3) is 0 Å². The van der Waals surface area contributed by atoms with Gasteiger partial charge >= 0.3 is 0 Å². The lowest BCUT2D eigenvalue weighted by atomic mass is 10.1. The van der Waals surface area contributed by atoms with Crippen molar-refractivity contribution in [1.82, 2.24) is 15.5 Å². The number of allylic oxidation sites excluding steroid dienone is 2. The van der Waals surface area contributed by atoms with Crippen molar-refractivity contribution in [3.63, 3.8) is 0 Å². The molecule has 1 amide bonds. The summed E-state index contributed by atoms with van der Waals surface area (Å²) in [5, 5.41) is 24.8. The first-order chi connectivity index (χ1) is 15.6. The Hall–Kier alpha value is -2.79. The second kappa shape index (κ2) is 9.22. The lowest BCUT2D eigenvalue weighted by Crippen LogP contribution is -2.42. The monoisotopic (exact) mass is 476 g/mol. The molecular formula is C22H26ClFN6O3. The molecule has 3 heterocycles. The van der Waals surface area contributed by atoms with Gasteiger partial charge in [0.25, 0.3) is 5.91 Å². The van der Waals surface area contributed by atoms with Crippen LogP contribution in [0.1, 0.15) is 30.6 Å². The topological polar surface area (TPSA) is 136 Å². The van der Waals surface area contributed by atoms with Gasteiger partial charge in [-0.3, -0.25) is 10.1 Å². The molecule has 0 aliphatic carbocycles. The molecule has 9 nitrogen and oxygen atoms in total. The van der Waals surface area contributed by atoms with Crippen molar-refractivity contribution in [3.05, 3.63) is 51.7 Å². The van der Waals surface area contributed by atoms with Gasteiger partial charge in [0.15, 0.2) is 0 Å². The van der Waals surface area contributed by atoms with E-state index in [1.807, 2.05) is 6.92 Å². The van der Waals surface area contributed by atoms with Gasteiger partial charge < -0.3 is 31.2 Å². The van der Waals surface area contributed by atoms with Crippen LogP contribution in [0.2, 0.25) is 0 Å². The number of aliphatic hydroxyl groups excluding tert-OH is 1. The third-order valence-corrected chi connectivity index (χ3v) is 6.41. The summed E-state index contributed by atoms with van der Waals surface area (Å²) in [5.74, 6) is -0.333. The number of aliphatic hydroxyl groups is 1. The van der Waals surface area contributed by atoms with Crippen LogP contribution in [0.4, 0.5) is 4.39 Å². The largest absolute Gasteiger partial charge is 0.491 e. The van der Waals surface area contributed by atoms with E-state index in [0.29, 0.717) is 28.6 Å². The fourth-order valence-electron chi connectivity index (χ4n) is 4.04. The highest BCUT2D eigenvalue weighted by molar-refractivity contribution is 6.43. The third kappa shape index (κ3) is 4.79. The Morgan fingerprint density at radius 2 is 2.18 bits per heavy atom. The van der Waals surface area contributed by atoms with Gasteiger partial charge in [0.05, 0.1) is 47.4 Å². The van der Waals surface area contributed by atoms with Crippen molar-refractivity contribution in [1.29, 1.82) is 5.41 Å². The predicted molar refractivity (Wildman–Crippen MR) is 123 cm³/mol. The Labute approximate surface area is 195 Å². The average molecular weight is 477 g/mol. The van der Waals surface area contributed by atoms with Crippen LogP contribution in [0.5, 0.6) is 5.75 Å². The minimum atomic E-state index is -0.692. The first kappa shape index (κ1) is 23.4. The van der Waals surface area contributed by atoms with E-state index in [2.05, 4.69) is 15.6 Å². The maximum absolute atomic E-state index is 13.9. The molecule has 3 aliphatic heterocycles. The summed E-state index contributed by atoms with van der Waals surface area (Å²) >= 11 is 6.18. The molecule has 11 heteroatoms. The number of hydrogen-bond acceptors (Lipinski definition) is 8. The van der Waals surface area contributed by atoms with E-state index in [1.165, 1.54) is 17.0 Å². The van der Waals surface area contributed by atoms with Crippen LogP contribution >= 0.6 is 11.6 Å². The molecule has 1 aromatic carbocycles. The van der Waals surface area contributed by atoms with Gasteiger partial charge in [0.1, 0.15) is 24.0 Å². The average Bonchev–Trinajstić information content (AvgIpc) is 3.31. The van der Waals surface area contributed by atoms with Crippen molar-refractivity contribution >= 4 is 28.9 Å². The maximum Gasteiger partial charge on any atom is 0.258 e. The summed E-state index contributed by atoms with van der Waals surface area (Å²) in [4.78, 5) is 19.2. The van der Waals surface area contributed by atoms with Crippen LogP contribution in [0.3, 0.4) is 0 Å². The minimum Gasteiger partial charge on any atom is -0.491 e. The molecule has 1 aromatic rings. The van der Waals surface area contributed by atoms with E-state index < -0.39 is 18.1 Å². The van der Waals surface area contributed by atoms with Crippen molar-refractivity contribution < 1.29 is 19.0 Å². The number of carbonyl (C=O) groups excluding carboxylic acids is 1. The van der Waals surface area contributed by atoms with E-state index in [1.54, 1.807) is 6.92 Å². The Kier molecular flexibility index (Phi) is 6.53. The van der Waals surface area contributed by atoms with Crippen LogP contribution in [0, 0.1) is 11.2 Å². The highest BCUT2D eigenvalue weighted by atomic mass is 35.5. The van der Waals surface area contributed by atoms with Gasteiger partial charge in [0.2, 0.25) is 0 Å². The summed E-state index contributed by atoms with van der Waals surface area (Å²) in [7, 11) is 0. The number of nitrogens with one attached hydrogen (secondary N) is 3. The SMILES string of the molecule is CC1=N/C(=C2\CN(C(=O)c3ccc(F)cc3OCC3CC(O)C(N)N3)CC2=N)NC(C)=C1Cl. The number of nitrogens with two attached hydrogens (primary N) is 1. The fourth-order valence-corrected chi connectivity index (χ4v) is 4.13. The zero-order valence-corrected chi connectivity index (χ0v) is 19.0. The molecular weight excluding hydrogens is 451 g/mol. The van der Waals surface area contributed by atoms with Crippen LogP contribution in [-0.2, 0) is 0 Å². The molecule has 3 atom stereocenters. The van der Waals surface area contributed by atoms with Crippen molar-refractivity contribution in [3.8, 4) is 5.75 Å². The lowest BCUT2D eigenvalue weighted by molar-refractivity contribution is 0.0798. The number of likely N-dealkylation sites (tertiary alicyclic amines) is 1. The standard InChI is InChI=1S/C22H26ClFN6O3/c1-10-19(23)11(2)28-21(27-10)15-7-30(8-16(15)25)22(32)14-4-3-12(24)5-18(14)33-9-13-6-17(31)20(26)29-13/h3-5,13,17,20,25,27,29,31H,6-9,26H2,1-2H3/b21-15+,25-16?.